The van der Waals surface area contributed by atoms with Crippen LogP contribution in [-0.4, -0.2) is 39.3 Å². The molecule has 0 aliphatic carbocycles. The van der Waals surface area contributed by atoms with Crippen molar-refractivity contribution in [2.45, 2.75) is 77.1 Å². The molecule has 0 radical (unpaired) electrons. The van der Waals surface area contributed by atoms with Gasteiger partial charge in [0.1, 0.15) is 0 Å². The Kier molecular flexibility index (Phi) is 7.19. The van der Waals surface area contributed by atoms with Crippen LogP contribution >= 0.6 is 0 Å². The molecule has 0 aromatic heterocycles. The van der Waals surface area contributed by atoms with Crippen LogP contribution in [0, 0.1) is 5.92 Å². The number of rotatable bonds is 7. The van der Waals surface area contributed by atoms with E-state index in [4.69, 9.17) is 9.16 Å². The van der Waals surface area contributed by atoms with Gasteiger partial charge in [-0.1, -0.05) is 41.5 Å². The van der Waals surface area contributed by atoms with Gasteiger partial charge in [0, 0.05) is 13.2 Å². The smallest absolute Gasteiger partial charge is 0.200 e. The summed E-state index contributed by atoms with van der Waals surface area (Å²) in [6.45, 7) is 15.8. The first-order valence-corrected chi connectivity index (χ1v) is 10.4. The Bertz CT molecular complexity index is 251. The third-order valence-electron chi connectivity index (χ3n) is 5.02. The summed E-state index contributed by atoms with van der Waals surface area (Å²) in [4.78, 5) is 0. The van der Waals surface area contributed by atoms with Crippen LogP contribution in [0.1, 0.15) is 54.4 Å². The molecule has 1 fully saturated rings. The van der Waals surface area contributed by atoms with Gasteiger partial charge in [0.2, 0.25) is 0 Å². The van der Waals surface area contributed by atoms with Gasteiger partial charge < -0.3 is 14.3 Å². The van der Waals surface area contributed by atoms with Crippen molar-refractivity contribution in [3.63, 3.8) is 0 Å². The van der Waals surface area contributed by atoms with Crippen molar-refractivity contribution in [3.05, 3.63) is 0 Å². The number of ether oxygens (including phenoxy) is 1. The van der Waals surface area contributed by atoms with Crippen molar-refractivity contribution >= 4 is 8.32 Å². The van der Waals surface area contributed by atoms with Gasteiger partial charge in [-0.2, -0.15) is 0 Å². The third kappa shape index (κ3) is 4.06. The summed E-state index contributed by atoms with van der Waals surface area (Å²) >= 11 is 0. The summed E-state index contributed by atoms with van der Waals surface area (Å²) in [6, 6.07) is 0. The van der Waals surface area contributed by atoms with Crippen LogP contribution in [0.3, 0.4) is 0 Å². The average molecular weight is 303 g/mol. The fourth-order valence-corrected chi connectivity index (χ4v) is 9.43. The minimum absolute atomic E-state index is 0.331. The highest BCUT2D eigenvalue weighted by molar-refractivity contribution is 6.77. The van der Waals surface area contributed by atoms with Gasteiger partial charge in [-0.3, -0.25) is 0 Å². The maximum absolute atomic E-state index is 10.4. The lowest BCUT2D eigenvalue weighted by atomic mass is 9.94. The summed E-state index contributed by atoms with van der Waals surface area (Å²) in [5.74, 6) is 0.349. The molecule has 0 unspecified atom stereocenters. The van der Waals surface area contributed by atoms with Crippen LogP contribution < -0.4 is 0 Å². The Labute approximate surface area is 126 Å². The predicted molar refractivity (Wildman–Crippen MR) is 86.5 cm³/mol. The largest absolute Gasteiger partial charge is 0.413 e. The molecule has 1 atom stereocenters. The van der Waals surface area contributed by atoms with Crippen LogP contribution in [0.5, 0.6) is 0 Å². The molecule has 1 saturated heterocycles. The van der Waals surface area contributed by atoms with E-state index in [0.29, 0.717) is 29.1 Å². The second kappa shape index (κ2) is 7.92. The maximum Gasteiger partial charge on any atom is 0.200 e. The Morgan fingerprint density at radius 2 is 1.45 bits per heavy atom. The van der Waals surface area contributed by atoms with Crippen LogP contribution in [0.15, 0.2) is 0 Å². The van der Waals surface area contributed by atoms with E-state index in [-0.39, 0.29) is 6.10 Å². The molecule has 0 aromatic rings. The molecule has 0 bridgehead atoms. The van der Waals surface area contributed by atoms with Crippen LogP contribution in [0.4, 0.5) is 0 Å². The Hall–Kier alpha value is 0.0969. The Morgan fingerprint density at radius 3 is 1.85 bits per heavy atom. The second-order valence-electron chi connectivity index (χ2n) is 7.15. The van der Waals surface area contributed by atoms with Crippen molar-refractivity contribution in [2.24, 2.45) is 5.92 Å². The molecular weight excluding hydrogens is 268 g/mol. The highest BCUT2D eigenvalue weighted by atomic mass is 28.4. The molecule has 0 saturated carbocycles. The lowest BCUT2D eigenvalue weighted by Crippen LogP contribution is -2.49. The van der Waals surface area contributed by atoms with E-state index in [2.05, 4.69) is 41.5 Å². The van der Waals surface area contributed by atoms with E-state index in [1.807, 2.05) is 0 Å². The second-order valence-corrected chi connectivity index (χ2v) is 12.6. The molecule has 1 N–H and O–H groups in total. The summed E-state index contributed by atoms with van der Waals surface area (Å²) in [5.41, 5.74) is 1.72. The van der Waals surface area contributed by atoms with Crippen molar-refractivity contribution in [3.8, 4) is 0 Å². The number of hydrogen-bond donors (Lipinski definition) is 1. The van der Waals surface area contributed by atoms with E-state index in [1.54, 1.807) is 0 Å². The molecule has 120 valence electrons. The molecule has 3 nitrogen and oxygen atoms in total. The average Bonchev–Trinajstić information content (AvgIpc) is 2.38. The molecule has 1 aliphatic rings. The van der Waals surface area contributed by atoms with Crippen LogP contribution in [-0.2, 0) is 9.16 Å². The van der Waals surface area contributed by atoms with Gasteiger partial charge in [0.05, 0.1) is 12.7 Å². The molecule has 0 aromatic carbocycles. The fourth-order valence-electron chi connectivity index (χ4n) is 3.97. The first-order valence-electron chi connectivity index (χ1n) is 8.22. The summed E-state index contributed by atoms with van der Waals surface area (Å²) in [7, 11) is -1.85. The van der Waals surface area contributed by atoms with Crippen molar-refractivity contribution in [1.82, 2.24) is 0 Å². The lowest BCUT2D eigenvalue weighted by Gasteiger charge is -2.43. The van der Waals surface area contributed by atoms with Crippen molar-refractivity contribution in [2.75, 3.05) is 19.8 Å². The zero-order chi connectivity index (χ0) is 15.3. The van der Waals surface area contributed by atoms with Gasteiger partial charge in [-0.15, -0.1) is 0 Å². The van der Waals surface area contributed by atoms with E-state index in [9.17, 15) is 5.11 Å². The standard InChI is InChI=1S/C16H34O3Si/c1-12(2)20(13(3)4,14(5)6)19-11-16(17)15-7-9-18-10-8-15/h12-17H,7-11H2,1-6H3/t16-/m1/s1. The van der Waals surface area contributed by atoms with E-state index in [1.165, 1.54) is 0 Å². The predicted octanol–water partition coefficient (Wildman–Crippen LogP) is 3.97. The zero-order valence-corrected chi connectivity index (χ0v) is 15.2. The molecule has 4 heteroatoms. The summed E-state index contributed by atoms with van der Waals surface area (Å²) in [5, 5.41) is 10.4. The molecule has 1 heterocycles. The number of hydrogen-bond acceptors (Lipinski definition) is 3. The van der Waals surface area contributed by atoms with Crippen LogP contribution in [0.2, 0.25) is 16.6 Å². The van der Waals surface area contributed by atoms with Crippen molar-refractivity contribution < 1.29 is 14.3 Å². The topological polar surface area (TPSA) is 38.7 Å². The minimum atomic E-state index is -1.85. The van der Waals surface area contributed by atoms with Gasteiger partial charge in [-0.25, -0.2) is 0 Å². The molecule has 0 spiro atoms. The monoisotopic (exact) mass is 302 g/mol. The van der Waals surface area contributed by atoms with Gasteiger partial charge in [0.25, 0.3) is 0 Å². The lowest BCUT2D eigenvalue weighted by molar-refractivity contribution is -0.0130. The molecule has 1 aliphatic heterocycles. The fraction of sp³-hybridized carbons (Fsp3) is 1.00. The molecule has 1 rings (SSSR count). The summed E-state index contributed by atoms with van der Waals surface area (Å²) < 4.78 is 11.8. The van der Waals surface area contributed by atoms with Gasteiger partial charge in [-0.05, 0) is 35.4 Å². The van der Waals surface area contributed by atoms with Gasteiger partial charge in [0.15, 0.2) is 8.32 Å². The molecular formula is C16H34O3Si. The number of aliphatic hydroxyl groups is 1. The quantitative estimate of drug-likeness (QED) is 0.723. The highest BCUT2D eigenvalue weighted by Crippen LogP contribution is 2.42. The van der Waals surface area contributed by atoms with E-state index < -0.39 is 8.32 Å². The Morgan fingerprint density at radius 1 is 1.00 bits per heavy atom. The normalized spacial score (nSPS) is 20.1. The first-order chi connectivity index (χ1) is 9.32. The highest BCUT2D eigenvalue weighted by Gasteiger charge is 2.45. The van der Waals surface area contributed by atoms with E-state index in [0.717, 1.165) is 26.1 Å². The first kappa shape index (κ1) is 18.1. The van der Waals surface area contributed by atoms with E-state index >= 15 is 0 Å². The molecule has 0 amide bonds. The number of aliphatic hydroxyl groups excluding tert-OH is 1. The maximum atomic E-state index is 10.4. The minimum Gasteiger partial charge on any atom is -0.413 e. The zero-order valence-electron chi connectivity index (χ0n) is 14.2. The van der Waals surface area contributed by atoms with Crippen molar-refractivity contribution in [1.29, 1.82) is 0 Å². The van der Waals surface area contributed by atoms with Gasteiger partial charge >= 0.3 is 0 Å². The molecule has 20 heavy (non-hydrogen) atoms. The summed E-state index contributed by atoms with van der Waals surface area (Å²) in [6.07, 6.45) is 1.59. The Balaban J connectivity index is 2.66. The SMILES string of the molecule is CC(C)[Si](OC[C@@H](O)C1CCOCC1)(C(C)C)C(C)C. The van der Waals surface area contributed by atoms with Crippen LogP contribution in [0.25, 0.3) is 0 Å². The third-order valence-corrected chi connectivity index (χ3v) is 11.1.